The van der Waals surface area contributed by atoms with Crippen molar-refractivity contribution in [3.8, 4) is 0 Å². The molecule has 0 aromatic heterocycles. The second-order valence-electron chi connectivity index (χ2n) is 6.10. The van der Waals surface area contributed by atoms with Gasteiger partial charge in [0.2, 0.25) is 0 Å². The van der Waals surface area contributed by atoms with Crippen molar-refractivity contribution in [1.29, 1.82) is 0 Å². The molecule has 0 radical (unpaired) electrons. The molecule has 3 nitrogen and oxygen atoms in total. The van der Waals surface area contributed by atoms with E-state index in [0.717, 1.165) is 24.0 Å². The van der Waals surface area contributed by atoms with Gasteiger partial charge in [-0.3, -0.25) is 4.79 Å². The van der Waals surface area contributed by atoms with E-state index in [9.17, 15) is 4.79 Å². The summed E-state index contributed by atoms with van der Waals surface area (Å²) in [5.74, 6) is 0.741. The Morgan fingerprint density at radius 2 is 1.30 bits per heavy atom. The Balaban J connectivity index is 2.87. The SMILES string of the molecule is CC1CC(=CC=C[NH+](C)C)C(=O)C(=CC=C[NH+](C)C)C1. The number of carbonyl (C=O) groups excluding carboxylic acids is 1. The van der Waals surface area contributed by atoms with Gasteiger partial charge in [-0.05, 0) is 43.1 Å². The summed E-state index contributed by atoms with van der Waals surface area (Å²) in [5, 5.41) is 0. The number of hydrogen-bond acceptors (Lipinski definition) is 1. The van der Waals surface area contributed by atoms with Crippen molar-refractivity contribution in [2.45, 2.75) is 19.8 Å². The van der Waals surface area contributed by atoms with Gasteiger partial charge >= 0.3 is 0 Å². The van der Waals surface area contributed by atoms with Crippen molar-refractivity contribution in [2.24, 2.45) is 5.92 Å². The Hall–Kier alpha value is -1.45. The molecule has 20 heavy (non-hydrogen) atoms. The number of rotatable bonds is 4. The molecular weight excluding hydrogens is 248 g/mol. The van der Waals surface area contributed by atoms with Crippen LogP contribution in [0.1, 0.15) is 19.8 Å². The van der Waals surface area contributed by atoms with E-state index in [1.807, 2.05) is 36.7 Å². The number of Topliss-reactive ketones (excluding diaryl/α,β-unsaturated/α-hetero) is 1. The Labute approximate surface area is 122 Å². The molecule has 0 bridgehead atoms. The summed E-state index contributed by atoms with van der Waals surface area (Å²) in [7, 11) is 8.22. The minimum absolute atomic E-state index is 0.208. The lowest BCUT2D eigenvalue weighted by Crippen LogP contribution is -3.00. The highest BCUT2D eigenvalue weighted by Gasteiger charge is 2.24. The molecule has 110 valence electrons. The van der Waals surface area contributed by atoms with E-state index < -0.39 is 0 Å². The number of hydrogen-bond donors (Lipinski definition) is 2. The minimum atomic E-state index is 0.208. The van der Waals surface area contributed by atoms with E-state index >= 15 is 0 Å². The molecule has 0 spiro atoms. The second kappa shape index (κ2) is 7.98. The van der Waals surface area contributed by atoms with Crippen LogP contribution in [-0.4, -0.2) is 34.0 Å². The van der Waals surface area contributed by atoms with Gasteiger partial charge < -0.3 is 9.80 Å². The van der Waals surface area contributed by atoms with E-state index in [-0.39, 0.29) is 5.78 Å². The lowest BCUT2D eigenvalue weighted by atomic mass is 9.82. The molecule has 1 rings (SSSR count). The van der Waals surface area contributed by atoms with E-state index in [2.05, 4.69) is 35.1 Å². The van der Waals surface area contributed by atoms with Crippen LogP contribution in [0.4, 0.5) is 0 Å². The molecule has 0 unspecified atom stereocenters. The van der Waals surface area contributed by atoms with Gasteiger partial charge in [-0.15, -0.1) is 0 Å². The lowest BCUT2D eigenvalue weighted by Gasteiger charge is -2.21. The summed E-state index contributed by atoms with van der Waals surface area (Å²) in [6, 6.07) is 0. The largest absolute Gasteiger partial charge is 0.314 e. The normalized spacial score (nSPS) is 25.1. The third-order valence-electron chi connectivity index (χ3n) is 3.17. The maximum atomic E-state index is 12.4. The topological polar surface area (TPSA) is 26.0 Å². The molecule has 3 heteroatoms. The number of allylic oxidation sites excluding steroid dienone is 6. The molecule has 1 fully saturated rings. The first-order valence-corrected chi connectivity index (χ1v) is 7.29. The fourth-order valence-corrected chi connectivity index (χ4v) is 2.22. The van der Waals surface area contributed by atoms with E-state index in [1.165, 1.54) is 9.80 Å². The first-order chi connectivity index (χ1) is 9.40. The van der Waals surface area contributed by atoms with Gasteiger partial charge in [0.05, 0.1) is 40.6 Å². The van der Waals surface area contributed by atoms with Crippen LogP contribution >= 0.6 is 0 Å². The minimum Gasteiger partial charge on any atom is -0.314 e. The Morgan fingerprint density at radius 3 is 1.65 bits per heavy atom. The highest BCUT2D eigenvalue weighted by molar-refractivity contribution is 6.09. The first-order valence-electron chi connectivity index (χ1n) is 7.29. The molecule has 1 aliphatic rings. The molecular formula is C17H28N2O+2. The smallest absolute Gasteiger partial charge is 0.185 e. The van der Waals surface area contributed by atoms with E-state index in [1.54, 1.807) is 0 Å². The van der Waals surface area contributed by atoms with Crippen LogP contribution in [0, 0.1) is 5.92 Å². The van der Waals surface area contributed by atoms with Gasteiger partial charge in [-0.25, -0.2) is 0 Å². The number of nitrogens with one attached hydrogen (secondary N) is 2. The van der Waals surface area contributed by atoms with Crippen LogP contribution in [0.15, 0.2) is 47.9 Å². The number of carbonyl (C=O) groups is 1. The van der Waals surface area contributed by atoms with Gasteiger partial charge in [-0.1, -0.05) is 6.92 Å². The van der Waals surface area contributed by atoms with Crippen molar-refractivity contribution in [1.82, 2.24) is 0 Å². The van der Waals surface area contributed by atoms with E-state index in [4.69, 9.17) is 0 Å². The average molecular weight is 276 g/mol. The molecule has 1 saturated carbocycles. The summed E-state index contributed by atoms with van der Waals surface area (Å²) < 4.78 is 0. The molecule has 0 amide bonds. The van der Waals surface area contributed by atoms with Gasteiger partial charge in [-0.2, -0.15) is 0 Å². The lowest BCUT2D eigenvalue weighted by molar-refractivity contribution is -0.801. The first kappa shape index (κ1) is 16.6. The molecule has 0 atom stereocenters. The highest BCUT2D eigenvalue weighted by atomic mass is 16.1. The summed E-state index contributed by atoms with van der Waals surface area (Å²) in [6.45, 7) is 2.20. The number of quaternary nitrogens is 2. The predicted octanol–water partition coefficient (Wildman–Crippen LogP) is 0.155. The molecule has 2 N–H and O–H groups in total. The van der Waals surface area contributed by atoms with Crippen molar-refractivity contribution in [2.75, 3.05) is 28.2 Å². The van der Waals surface area contributed by atoms with Crippen LogP contribution in [0.2, 0.25) is 0 Å². The summed E-state index contributed by atoms with van der Waals surface area (Å²) >= 11 is 0. The van der Waals surface area contributed by atoms with Crippen LogP contribution in [0.3, 0.4) is 0 Å². The van der Waals surface area contributed by atoms with E-state index in [0.29, 0.717) is 5.92 Å². The fraction of sp³-hybridized carbons (Fsp3) is 0.471. The maximum absolute atomic E-state index is 12.4. The van der Waals surface area contributed by atoms with Crippen molar-refractivity contribution < 1.29 is 14.6 Å². The van der Waals surface area contributed by atoms with Crippen LogP contribution < -0.4 is 9.80 Å². The van der Waals surface area contributed by atoms with Gasteiger partial charge in [0.1, 0.15) is 0 Å². The number of ketones is 1. The van der Waals surface area contributed by atoms with Gasteiger partial charge in [0.25, 0.3) is 0 Å². The Morgan fingerprint density at radius 1 is 0.900 bits per heavy atom. The van der Waals surface area contributed by atoms with Crippen molar-refractivity contribution >= 4 is 5.78 Å². The standard InChI is InChI=1S/C17H26N2O/c1-14-12-15(8-6-10-18(2)3)17(20)16(13-14)9-7-11-19(4)5/h6-11,14H,12-13H2,1-5H3/p+2. The van der Waals surface area contributed by atoms with Gasteiger partial charge in [0, 0.05) is 11.1 Å². The summed E-state index contributed by atoms with van der Waals surface area (Å²) in [5.41, 5.74) is 1.86. The van der Waals surface area contributed by atoms with Gasteiger partial charge in [0.15, 0.2) is 5.78 Å². The molecule has 0 aliphatic heterocycles. The molecule has 0 aromatic carbocycles. The zero-order chi connectivity index (χ0) is 15.1. The predicted molar refractivity (Wildman–Crippen MR) is 83.5 cm³/mol. The Bertz CT molecular complexity index is 414. The maximum Gasteiger partial charge on any atom is 0.185 e. The Kier molecular flexibility index (Phi) is 6.62. The quantitative estimate of drug-likeness (QED) is 0.703. The molecule has 0 saturated heterocycles. The molecule has 1 aliphatic carbocycles. The van der Waals surface area contributed by atoms with Crippen molar-refractivity contribution in [3.63, 3.8) is 0 Å². The second-order valence-corrected chi connectivity index (χ2v) is 6.10. The molecule has 0 aromatic rings. The molecule has 0 heterocycles. The van der Waals surface area contributed by atoms with Crippen LogP contribution in [0.5, 0.6) is 0 Å². The zero-order valence-electron chi connectivity index (χ0n) is 13.4. The third-order valence-corrected chi connectivity index (χ3v) is 3.17. The average Bonchev–Trinajstić information content (AvgIpc) is 2.33. The monoisotopic (exact) mass is 276 g/mol. The zero-order valence-corrected chi connectivity index (χ0v) is 13.4. The third kappa shape index (κ3) is 5.68. The summed E-state index contributed by atoms with van der Waals surface area (Å²) in [4.78, 5) is 14.9. The highest BCUT2D eigenvalue weighted by Crippen LogP contribution is 2.29. The van der Waals surface area contributed by atoms with Crippen LogP contribution in [0.25, 0.3) is 0 Å². The fourth-order valence-electron chi connectivity index (χ4n) is 2.22. The summed E-state index contributed by atoms with van der Waals surface area (Å²) in [6.07, 6.45) is 13.8. The van der Waals surface area contributed by atoms with Crippen molar-refractivity contribution in [3.05, 3.63) is 47.9 Å². The van der Waals surface area contributed by atoms with Crippen LogP contribution in [-0.2, 0) is 4.79 Å².